The molecular weight excluding hydrogens is 385 g/mol. The number of alkyl carbamates (subject to hydrolysis) is 1. The van der Waals surface area contributed by atoms with E-state index in [-0.39, 0.29) is 36.6 Å². The van der Waals surface area contributed by atoms with Crippen LogP contribution in [0.5, 0.6) is 0 Å². The second-order valence-electron chi connectivity index (χ2n) is 11.2. The van der Waals surface area contributed by atoms with Crippen LogP contribution in [-0.2, 0) is 23.6 Å². The lowest BCUT2D eigenvalue weighted by molar-refractivity contribution is -0.156. The van der Waals surface area contributed by atoms with Crippen LogP contribution >= 0.6 is 0 Å². The Balaban J connectivity index is 2.60. The first-order valence-electron chi connectivity index (χ1n) is 10.9. The maximum atomic E-state index is 12.3. The molecule has 1 aliphatic heterocycles. The number of nitrogens with one attached hydrogen (secondary N) is 1. The minimum Gasteiger partial charge on any atom is -0.460 e. The van der Waals surface area contributed by atoms with Crippen LogP contribution in [0.4, 0.5) is 4.79 Å². The summed E-state index contributed by atoms with van der Waals surface area (Å²) in [5.41, 5.74) is -1.82. The van der Waals surface area contributed by atoms with Crippen molar-refractivity contribution in [3.8, 4) is 0 Å². The first kappa shape index (κ1) is 26.8. The number of carbonyl (C=O) groups excluding carboxylic acids is 2. The van der Waals surface area contributed by atoms with Gasteiger partial charge in [-0.2, -0.15) is 0 Å². The van der Waals surface area contributed by atoms with E-state index in [0.717, 1.165) is 19.2 Å². The molecule has 0 aliphatic carbocycles. The van der Waals surface area contributed by atoms with Crippen molar-refractivity contribution in [1.29, 1.82) is 0 Å². The van der Waals surface area contributed by atoms with E-state index in [0.29, 0.717) is 6.54 Å². The monoisotopic (exact) mass is 427 g/mol. The van der Waals surface area contributed by atoms with Crippen LogP contribution in [0.2, 0.25) is 6.32 Å². The van der Waals surface area contributed by atoms with Gasteiger partial charge >= 0.3 is 19.2 Å². The maximum absolute atomic E-state index is 12.3. The van der Waals surface area contributed by atoms with Crippen molar-refractivity contribution in [2.24, 2.45) is 5.92 Å². The summed E-state index contributed by atoms with van der Waals surface area (Å²) < 4.78 is 22.8. The third kappa shape index (κ3) is 9.69. The summed E-state index contributed by atoms with van der Waals surface area (Å²) in [7, 11) is -0.268. The summed E-state index contributed by atoms with van der Waals surface area (Å²) in [5, 5.41) is 2.78. The molecule has 1 atom stereocenters. The van der Waals surface area contributed by atoms with E-state index in [9.17, 15) is 9.59 Å². The van der Waals surface area contributed by atoms with Gasteiger partial charge in [0.05, 0.1) is 17.6 Å². The van der Waals surface area contributed by atoms with E-state index in [1.807, 2.05) is 69.2 Å². The van der Waals surface area contributed by atoms with Crippen molar-refractivity contribution in [2.45, 2.75) is 117 Å². The first-order valence-corrected chi connectivity index (χ1v) is 10.9. The predicted molar refractivity (Wildman–Crippen MR) is 118 cm³/mol. The van der Waals surface area contributed by atoms with Gasteiger partial charge in [-0.25, -0.2) is 4.79 Å². The van der Waals surface area contributed by atoms with Gasteiger partial charge in [0.15, 0.2) is 0 Å². The quantitative estimate of drug-likeness (QED) is 0.445. The molecule has 1 saturated heterocycles. The summed E-state index contributed by atoms with van der Waals surface area (Å²) in [6.45, 7) is 19.4. The molecule has 0 bridgehead atoms. The van der Waals surface area contributed by atoms with E-state index in [1.165, 1.54) is 0 Å². The molecule has 174 valence electrons. The molecule has 1 fully saturated rings. The van der Waals surface area contributed by atoms with Gasteiger partial charge in [-0.05, 0) is 87.9 Å². The van der Waals surface area contributed by atoms with Crippen LogP contribution in [0.3, 0.4) is 0 Å². The molecular formula is C22H42BNO6. The van der Waals surface area contributed by atoms with Gasteiger partial charge < -0.3 is 24.1 Å². The zero-order chi connectivity index (χ0) is 23.4. The number of hydrogen-bond donors (Lipinski definition) is 1. The Labute approximate surface area is 183 Å². The lowest BCUT2D eigenvalue weighted by Gasteiger charge is -2.32. The molecule has 0 saturated carbocycles. The molecule has 1 N–H and O–H groups in total. The van der Waals surface area contributed by atoms with Gasteiger partial charge in [-0.15, -0.1) is 0 Å². The van der Waals surface area contributed by atoms with E-state index in [1.54, 1.807) is 0 Å². The fourth-order valence-corrected chi connectivity index (χ4v) is 3.09. The molecule has 0 aromatic heterocycles. The number of esters is 1. The standard InChI is InChI=1S/C22H42BNO6/c1-19(2,3)27-17(25)14-16(15-24-18(26)28-20(4,5)6)12-11-13-23-29-21(7,8)22(9,10)30-23/h16H,11-15H2,1-10H3,(H,24,26)/t16-/m1/s1. The van der Waals surface area contributed by atoms with Crippen molar-refractivity contribution in [2.75, 3.05) is 6.54 Å². The van der Waals surface area contributed by atoms with Crippen LogP contribution in [-0.4, -0.2) is 48.1 Å². The average Bonchev–Trinajstić information content (AvgIpc) is 2.68. The van der Waals surface area contributed by atoms with Crippen LogP contribution in [0.15, 0.2) is 0 Å². The Morgan fingerprint density at radius 3 is 1.90 bits per heavy atom. The maximum Gasteiger partial charge on any atom is 0.457 e. The summed E-state index contributed by atoms with van der Waals surface area (Å²) in [6.07, 6.45) is 2.02. The van der Waals surface area contributed by atoms with Crippen molar-refractivity contribution < 1.29 is 28.4 Å². The molecule has 0 radical (unpaired) electrons. The predicted octanol–water partition coefficient (Wildman–Crippen LogP) is 4.73. The second kappa shape index (κ2) is 9.90. The Hall–Kier alpha value is -1.28. The molecule has 8 heteroatoms. The SMILES string of the molecule is CC(C)(C)OC(=O)C[C@@H](CCCB1OC(C)(C)C(C)(C)O1)CNC(=O)OC(C)(C)C. The van der Waals surface area contributed by atoms with Gasteiger partial charge in [-0.1, -0.05) is 6.42 Å². The Morgan fingerprint density at radius 1 is 0.933 bits per heavy atom. The fourth-order valence-electron chi connectivity index (χ4n) is 3.09. The number of carbonyl (C=O) groups is 2. The summed E-state index contributed by atoms with van der Waals surface area (Å²) >= 11 is 0. The highest BCUT2D eigenvalue weighted by Crippen LogP contribution is 2.38. The van der Waals surface area contributed by atoms with Gasteiger partial charge in [0.2, 0.25) is 0 Å². The molecule has 1 aliphatic rings. The Bertz CT molecular complexity index is 575. The molecule has 0 aromatic rings. The normalized spacial score (nSPS) is 19.3. The van der Waals surface area contributed by atoms with E-state index in [2.05, 4.69) is 5.32 Å². The molecule has 1 amide bonds. The van der Waals surface area contributed by atoms with Gasteiger partial charge in [-0.3, -0.25) is 4.79 Å². The van der Waals surface area contributed by atoms with Crippen molar-refractivity contribution in [3.63, 3.8) is 0 Å². The van der Waals surface area contributed by atoms with Crippen LogP contribution in [0.1, 0.15) is 88.5 Å². The molecule has 0 aromatic carbocycles. The fraction of sp³-hybridized carbons (Fsp3) is 0.909. The van der Waals surface area contributed by atoms with Crippen molar-refractivity contribution >= 4 is 19.2 Å². The highest BCUT2D eigenvalue weighted by Gasteiger charge is 2.50. The topological polar surface area (TPSA) is 83.1 Å². The molecule has 30 heavy (non-hydrogen) atoms. The number of rotatable bonds is 8. The highest BCUT2D eigenvalue weighted by molar-refractivity contribution is 6.45. The summed E-state index contributed by atoms with van der Waals surface area (Å²) in [5.74, 6) is -0.330. The molecule has 0 unspecified atom stereocenters. The molecule has 7 nitrogen and oxygen atoms in total. The minimum atomic E-state index is -0.568. The first-order chi connectivity index (χ1) is 13.4. The van der Waals surface area contributed by atoms with Gasteiger partial charge in [0, 0.05) is 6.54 Å². The highest BCUT2D eigenvalue weighted by atomic mass is 16.7. The lowest BCUT2D eigenvalue weighted by atomic mass is 9.80. The molecule has 1 rings (SSSR count). The third-order valence-electron chi connectivity index (χ3n) is 5.16. The van der Waals surface area contributed by atoms with Gasteiger partial charge in [0.1, 0.15) is 11.2 Å². The minimum absolute atomic E-state index is 0.0604. The van der Waals surface area contributed by atoms with E-state index >= 15 is 0 Å². The zero-order valence-corrected chi connectivity index (χ0v) is 20.6. The Morgan fingerprint density at radius 2 is 1.43 bits per heavy atom. The Kier molecular flexibility index (Phi) is 8.83. The number of ether oxygens (including phenoxy) is 2. The summed E-state index contributed by atoms with van der Waals surface area (Å²) in [4.78, 5) is 24.3. The lowest BCUT2D eigenvalue weighted by Crippen LogP contribution is -2.41. The van der Waals surface area contributed by atoms with Crippen LogP contribution in [0.25, 0.3) is 0 Å². The van der Waals surface area contributed by atoms with Gasteiger partial charge in [0.25, 0.3) is 0 Å². The van der Waals surface area contributed by atoms with Crippen molar-refractivity contribution in [3.05, 3.63) is 0 Å². The van der Waals surface area contributed by atoms with Crippen LogP contribution < -0.4 is 5.32 Å². The molecule has 1 heterocycles. The summed E-state index contributed by atoms with van der Waals surface area (Å²) in [6, 6.07) is 0. The second-order valence-corrected chi connectivity index (χ2v) is 11.2. The van der Waals surface area contributed by atoms with E-state index < -0.39 is 17.3 Å². The number of hydrogen-bond acceptors (Lipinski definition) is 6. The average molecular weight is 427 g/mol. The third-order valence-corrected chi connectivity index (χ3v) is 5.16. The number of amides is 1. The molecule has 0 spiro atoms. The van der Waals surface area contributed by atoms with Crippen molar-refractivity contribution in [1.82, 2.24) is 5.32 Å². The van der Waals surface area contributed by atoms with Crippen LogP contribution in [0, 0.1) is 5.92 Å². The smallest absolute Gasteiger partial charge is 0.457 e. The van der Waals surface area contributed by atoms with E-state index in [4.69, 9.17) is 18.8 Å². The largest absolute Gasteiger partial charge is 0.460 e. The zero-order valence-electron chi connectivity index (χ0n) is 20.6.